The molecule has 224 valence electrons. The Morgan fingerprint density at radius 2 is 1.68 bits per heavy atom. The third kappa shape index (κ3) is 8.85. The molecule has 4 atom stereocenters. The first-order valence-corrected chi connectivity index (χ1v) is 14.4. The average molecular weight is 571 g/mol. The van der Waals surface area contributed by atoms with E-state index in [9.17, 15) is 19.2 Å². The van der Waals surface area contributed by atoms with Crippen molar-refractivity contribution < 1.29 is 33.4 Å². The van der Waals surface area contributed by atoms with Crippen molar-refractivity contribution in [2.75, 3.05) is 46.6 Å². The number of ketones is 1. The van der Waals surface area contributed by atoms with Gasteiger partial charge in [0.1, 0.15) is 23.4 Å². The second kappa shape index (κ2) is 14.1. The number of carbonyl (C=O) groups excluding carboxylic acids is 4. The van der Waals surface area contributed by atoms with Crippen LogP contribution in [-0.2, 0) is 35.1 Å². The number of nitrogens with one attached hydrogen (secondary N) is 3. The lowest BCUT2D eigenvalue weighted by atomic mass is 9.94. The molecule has 41 heavy (non-hydrogen) atoms. The van der Waals surface area contributed by atoms with Crippen LogP contribution >= 0.6 is 0 Å². The molecule has 3 amide bonds. The Hall–Kier alpha value is -3.28. The molecule has 3 N–H and O–H groups in total. The minimum Gasteiger partial charge on any atom is -0.497 e. The Morgan fingerprint density at radius 1 is 1.00 bits per heavy atom. The number of Topliss-reactive ketones (excluding diaryl/α,β-unsaturated/α-hetero) is 1. The molecule has 0 spiro atoms. The van der Waals surface area contributed by atoms with Crippen LogP contribution in [0.1, 0.15) is 45.1 Å². The quantitative estimate of drug-likeness (QED) is 0.222. The SMILES string of the molecule is COc1ccc(C[C@H](NC(=O)[C@H](C)NC(=O)CN2CCOCC2)C(=O)N[C@@H](CC2=CCCC2)C(=O)[C@]2(C)CO2)cc1. The molecule has 0 aromatic heterocycles. The first-order valence-electron chi connectivity index (χ1n) is 14.4. The maximum absolute atomic E-state index is 13.7. The first-order chi connectivity index (χ1) is 19.7. The Bertz CT molecular complexity index is 1130. The van der Waals surface area contributed by atoms with Crippen LogP contribution in [0.2, 0.25) is 0 Å². The highest BCUT2D eigenvalue weighted by molar-refractivity contribution is 5.98. The van der Waals surface area contributed by atoms with Gasteiger partial charge in [-0.2, -0.15) is 0 Å². The summed E-state index contributed by atoms with van der Waals surface area (Å²) in [6.45, 7) is 6.24. The Balaban J connectivity index is 1.44. The number of hydrogen-bond donors (Lipinski definition) is 3. The molecule has 11 heteroatoms. The minimum absolute atomic E-state index is 0.164. The second-order valence-corrected chi connectivity index (χ2v) is 11.2. The van der Waals surface area contributed by atoms with E-state index in [1.807, 2.05) is 17.0 Å². The predicted molar refractivity (Wildman–Crippen MR) is 151 cm³/mol. The van der Waals surface area contributed by atoms with Crippen LogP contribution < -0.4 is 20.7 Å². The fraction of sp³-hybridized carbons (Fsp3) is 0.600. The summed E-state index contributed by atoms with van der Waals surface area (Å²) in [5.41, 5.74) is 1.04. The molecule has 2 saturated heterocycles. The van der Waals surface area contributed by atoms with Gasteiger partial charge in [0, 0.05) is 19.5 Å². The van der Waals surface area contributed by atoms with Gasteiger partial charge in [0.15, 0.2) is 5.78 Å². The summed E-state index contributed by atoms with van der Waals surface area (Å²) >= 11 is 0. The molecule has 0 bridgehead atoms. The summed E-state index contributed by atoms with van der Waals surface area (Å²) in [7, 11) is 1.57. The molecule has 11 nitrogen and oxygen atoms in total. The smallest absolute Gasteiger partial charge is 0.243 e. The van der Waals surface area contributed by atoms with E-state index in [2.05, 4.69) is 22.0 Å². The molecule has 0 saturated carbocycles. The van der Waals surface area contributed by atoms with E-state index in [0.29, 0.717) is 45.1 Å². The van der Waals surface area contributed by atoms with Crippen molar-refractivity contribution in [3.8, 4) is 5.75 Å². The second-order valence-electron chi connectivity index (χ2n) is 11.2. The highest BCUT2D eigenvalue weighted by Crippen LogP contribution is 2.31. The van der Waals surface area contributed by atoms with Crippen molar-refractivity contribution in [2.24, 2.45) is 0 Å². The summed E-state index contributed by atoms with van der Waals surface area (Å²) in [5, 5.41) is 8.45. The van der Waals surface area contributed by atoms with E-state index >= 15 is 0 Å². The van der Waals surface area contributed by atoms with Crippen LogP contribution in [0, 0.1) is 0 Å². The number of morpholine rings is 1. The summed E-state index contributed by atoms with van der Waals surface area (Å²) in [6, 6.07) is 4.61. The fourth-order valence-corrected chi connectivity index (χ4v) is 5.10. The molecular formula is C30H42N4O7. The zero-order chi connectivity index (χ0) is 29.4. The zero-order valence-corrected chi connectivity index (χ0v) is 24.2. The number of benzene rings is 1. The van der Waals surface area contributed by atoms with Crippen LogP contribution in [0.3, 0.4) is 0 Å². The van der Waals surface area contributed by atoms with Gasteiger partial charge in [-0.1, -0.05) is 23.8 Å². The number of epoxide rings is 1. The summed E-state index contributed by atoms with van der Waals surface area (Å²) in [6.07, 6.45) is 5.62. The molecular weight excluding hydrogens is 528 g/mol. The van der Waals surface area contributed by atoms with Gasteiger partial charge < -0.3 is 30.2 Å². The normalized spacial score (nSPS) is 22.6. The van der Waals surface area contributed by atoms with E-state index < -0.39 is 35.5 Å². The highest BCUT2D eigenvalue weighted by atomic mass is 16.6. The molecule has 0 unspecified atom stereocenters. The van der Waals surface area contributed by atoms with Gasteiger partial charge in [-0.05, 0) is 57.2 Å². The third-order valence-electron chi connectivity index (χ3n) is 7.81. The Morgan fingerprint density at radius 3 is 2.29 bits per heavy atom. The Kier molecular flexibility index (Phi) is 10.5. The van der Waals surface area contributed by atoms with Crippen molar-refractivity contribution in [2.45, 2.75) is 69.7 Å². The maximum Gasteiger partial charge on any atom is 0.243 e. The van der Waals surface area contributed by atoms with Crippen molar-refractivity contribution in [3.63, 3.8) is 0 Å². The topological polar surface area (TPSA) is 139 Å². The van der Waals surface area contributed by atoms with E-state index in [0.717, 1.165) is 30.4 Å². The van der Waals surface area contributed by atoms with Crippen LogP contribution in [-0.4, -0.2) is 98.7 Å². The largest absolute Gasteiger partial charge is 0.497 e. The summed E-state index contributed by atoms with van der Waals surface area (Å²) in [5.74, 6) is -0.741. The van der Waals surface area contributed by atoms with Crippen LogP contribution in [0.25, 0.3) is 0 Å². The summed E-state index contributed by atoms with van der Waals surface area (Å²) in [4.78, 5) is 54.7. The van der Waals surface area contributed by atoms with Gasteiger partial charge in [0.05, 0.1) is 39.5 Å². The standard InChI is InChI=1S/C30H42N4O7/c1-20(31-26(35)18-34-12-14-40-15-13-34)28(37)33-25(17-22-8-10-23(39-3)11-9-22)29(38)32-24(16-21-6-4-5-7-21)27(36)30(2)19-41-30/h6,8-11,20,24-25H,4-5,7,12-19H2,1-3H3,(H,31,35)(H,32,38)(H,33,37)/t20-,24-,25-,30-/m0/s1. The van der Waals surface area contributed by atoms with Crippen molar-refractivity contribution in [3.05, 3.63) is 41.5 Å². The molecule has 2 aliphatic heterocycles. The Labute approximate surface area is 241 Å². The molecule has 0 radical (unpaired) electrons. The maximum atomic E-state index is 13.7. The predicted octanol–water partition coefficient (Wildman–Crippen LogP) is 0.903. The van der Waals surface area contributed by atoms with Crippen molar-refractivity contribution in [1.29, 1.82) is 0 Å². The molecule has 2 heterocycles. The molecule has 3 aliphatic rings. The molecule has 1 aromatic carbocycles. The number of ether oxygens (including phenoxy) is 3. The molecule has 1 aliphatic carbocycles. The lowest BCUT2D eigenvalue weighted by Gasteiger charge is -2.27. The molecule has 2 fully saturated rings. The van der Waals surface area contributed by atoms with E-state index in [-0.39, 0.29) is 24.7 Å². The number of nitrogens with zero attached hydrogens (tertiary/aromatic N) is 1. The van der Waals surface area contributed by atoms with E-state index in [4.69, 9.17) is 14.2 Å². The lowest BCUT2D eigenvalue weighted by Crippen LogP contribution is -2.57. The van der Waals surface area contributed by atoms with Crippen molar-refractivity contribution >= 4 is 23.5 Å². The van der Waals surface area contributed by atoms with E-state index in [1.165, 1.54) is 0 Å². The highest BCUT2D eigenvalue weighted by Gasteiger charge is 2.50. The van der Waals surface area contributed by atoms with Gasteiger partial charge in [0.2, 0.25) is 17.7 Å². The molecule has 1 aromatic rings. The number of rotatable bonds is 14. The van der Waals surface area contributed by atoms with Gasteiger partial charge in [-0.15, -0.1) is 0 Å². The number of methoxy groups -OCH3 is 1. The van der Waals surface area contributed by atoms with Gasteiger partial charge >= 0.3 is 0 Å². The zero-order valence-electron chi connectivity index (χ0n) is 24.2. The molecule has 4 rings (SSSR count). The number of allylic oxidation sites excluding steroid dienone is 1. The van der Waals surface area contributed by atoms with Gasteiger partial charge in [-0.25, -0.2) is 0 Å². The summed E-state index contributed by atoms with van der Waals surface area (Å²) < 4.78 is 15.9. The van der Waals surface area contributed by atoms with Crippen LogP contribution in [0.15, 0.2) is 35.9 Å². The van der Waals surface area contributed by atoms with E-state index in [1.54, 1.807) is 33.1 Å². The van der Waals surface area contributed by atoms with Crippen LogP contribution in [0.5, 0.6) is 5.75 Å². The number of carbonyl (C=O) groups is 4. The lowest BCUT2D eigenvalue weighted by molar-refractivity contribution is -0.134. The van der Waals surface area contributed by atoms with Crippen LogP contribution in [0.4, 0.5) is 0 Å². The van der Waals surface area contributed by atoms with Gasteiger partial charge in [-0.3, -0.25) is 24.1 Å². The van der Waals surface area contributed by atoms with Gasteiger partial charge in [0.25, 0.3) is 0 Å². The monoisotopic (exact) mass is 570 g/mol. The van der Waals surface area contributed by atoms with Crippen molar-refractivity contribution in [1.82, 2.24) is 20.9 Å². The first kappa shape index (κ1) is 30.7. The fourth-order valence-electron chi connectivity index (χ4n) is 5.10. The number of amides is 3. The average Bonchev–Trinajstić information content (AvgIpc) is 3.51. The minimum atomic E-state index is -0.977. The number of hydrogen-bond acceptors (Lipinski definition) is 8. The third-order valence-corrected chi connectivity index (χ3v) is 7.81.